The average molecular weight is 212 g/mol. The molecule has 0 amide bonds. The van der Waals surface area contributed by atoms with E-state index in [1.807, 2.05) is 0 Å². The van der Waals surface area contributed by atoms with Crippen molar-refractivity contribution in [2.24, 2.45) is 0 Å². The quantitative estimate of drug-likeness (QED) is 0.789. The van der Waals surface area contributed by atoms with Gasteiger partial charge in [-0.2, -0.15) is 0 Å². The second-order valence-electron chi connectivity index (χ2n) is 2.69. The summed E-state index contributed by atoms with van der Waals surface area (Å²) in [6.45, 7) is 0. The third kappa shape index (κ3) is 1.58. The SMILES string of the molecule is Nc1cnc(-c2ccc(F)cc2F)s1. The fourth-order valence-electron chi connectivity index (χ4n) is 1.07. The van der Waals surface area contributed by atoms with Crippen LogP contribution in [0.3, 0.4) is 0 Å². The van der Waals surface area contributed by atoms with Crippen LogP contribution >= 0.6 is 11.3 Å². The summed E-state index contributed by atoms with van der Waals surface area (Å²) in [7, 11) is 0. The number of nitrogens with two attached hydrogens (primary N) is 1. The molecule has 0 saturated heterocycles. The van der Waals surface area contributed by atoms with Crippen molar-refractivity contribution in [3.05, 3.63) is 36.0 Å². The molecule has 2 rings (SSSR count). The van der Waals surface area contributed by atoms with Gasteiger partial charge in [-0.3, -0.25) is 0 Å². The van der Waals surface area contributed by atoms with Crippen LogP contribution in [0.2, 0.25) is 0 Å². The first-order valence-corrected chi connectivity index (χ1v) is 4.65. The normalized spacial score (nSPS) is 10.4. The van der Waals surface area contributed by atoms with Crippen molar-refractivity contribution in [2.45, 2.75) is 0 Å². The Morgan fingerprint density at radius 3 is 2.64 bits per heavy atom. The molecule has 2 N–H and O–H groups in total. The monoisotopic (exact) mass is 212 g/mol. The van der Waals surface area contributed by atoms with E-state index in [1.54, 1.807) is 0 Å². The first-order valence-electron chi connectivity index (χ1n) is 3.83. The van der Waals surface area contributed by atoms with Gasteiger partial charge in [0.2, 0.25) is 0 Å². The lowest BCUT2D eigenvalue weighted by Crippen LogP contribution is -1.84. The van der Waals surface area contributed by atoms with E-state index in [9.17, 15) is 8.78 Å². The van der Waals surface area contributed by atoms with Gasteiger partial charge < -0.3 is 5.73 Å². The van der Waals surface area contributed by atoms with E-state index >= 15 is 0 Å². The summed E-state index contributed by atoms with van der Waals surface area (Å²) in [4.78, 5) is 3.91. The summed E-state index contributed by atoms with van der Waals surface area (Å²) in [5.41, 5.74) is 5.73. The predicted octanol–water partition coefficient (Wildman–Crippen LogP) is 2.67. The van der Waals surface area contributed by atoms with E-state index in [-0.39, 0.29) is 5.56 Å². The Hall–Kier alpha value is -1.49. The molecule has 2 aromatic rings. The molecule has 72 valence electrons. The number of halogens is 2. The molecule has 0 aliphatic heterocycles. The molecule has 0 aliphatic rings. The number of nitrogens with zero attached hydrogens (tertiary/aromatic N) is 1. The number of anilines is 1. The predicted molar refractivity (Wildman–Crippen MR) is 51.9 cm³/mol. The van der Waals surface area contributed by atoms with Crippen LogP contribution in [0.4, 0.5) is 13.8 Å². The van der Waals surface area contributed by atoms with E-state index in [4.69, 9.17) is 5.73 Å². The van der Waals surface area contributed by atoms with Crippen LogP contribution in [0.25, 0.3) is 10.6 Å². The van der Waals surface area contributed by atoms with E-state index in [1.165, 1.54) is 29.7 Å². The Bertz CT molecular complexity index is 468. The molecule has 1 aromatic heterocycles. The minimum absolute atomic E-state index is 0.271. The van der Waals surface area contributed by atoms with Gasteiger partial charge in [0.1, 0.15) is 21.6 Å². The Morgan fingerprint density at radius 1 is 1.29 bits per heavy atom. The van der Waals surface area contributed by atoms with Crippen molar-refractivity contribution >= 4 is 16.3 Å². The highest BCUT2D eigenvalue weighted by molar-refractivity contribution is 7.18. The highest BCUT2D eigenvalue weighted by Crippen LogP contribution is 2.28. The molecule has 0 atom stereocenters. The van der Waals surface area contributed by atoms with Crippen molar-refractivity contribution in [1.82, 2.24) is 4.98 Å². The van der Waals surface area contributed by atoms with Gasteiger partial charge in [0, 0.05) is 11.6 Å². The van der Waals surface area contributed by atoms with E-state index in [0.29, 0.717) is 10.0 Å². The molecule has 1 aromatic carbocycles. The van der Waals surface area contributed by atoms with Gasteiger partial charge in [-0.05, 0) is 12.1 Å². The molecule has 0 aliphatic carbocycles. The molecular formula is C9H6F2N2S. The van der Waals surface area contributed by atoms with Gasteiger partial charge in [-0.25, -0.2) is 13.8 Å². The molecule has 14 heavy (non-hydrogen) atoms. The maximum atomic E-state index is 13.2. The van der Waals surface area contributed by atoms with Crippen LogP contribution in [0.15, 0.2) is 24.4 Å². The number of benzene rings is 1. The van der Waals surface area contributed by atoms with Crippen molar-refractivity contribution in [1.29, 1.82) is 0 Å². The lowest BCUT2D eigenvalue weighted by molar-refractivity contribution is 0.585. The fourth-order valence-corrected chi connectivity index (χ4v) is 1.78. The maximum Gasteiger partial charge on any atom is 0.136 e. The number of thiazole rings is 1. The molecule has 5 heteroatoms. The van der Waals surface area contributed by atoms with Crippen LogP contribution in [0, 0.1) is 11.6 Å². The molecule has 0 radical (unpaired) electrons. The third-order valence-electron chi connectivity index (χ3n) is 1.69. The summed E-state index contributed by atoms with van der Waals surface area (Å²) >= 11 is 1.17. The summed E-state index contributed by atoms with van der Waals surface area (Å²) in [6.07, 6.45) is 1.45. The summed E-state index contributed by atoms with van der Waals surface area (Å²) in [5, 5.41) is 0.962. The topological polar surface area (TPSA) is 38.9 Å². The molecule has 0 unspecified atom stereocenters. The second kappa shape index (κ2) is 3.34. The van der Waals surface area contributed by atoms with Crippen molar-refractivity contribution in [3.8, 4) is 10.6 Å². The van der Waals surface area contributed by atoms with Gasteiger partial charge in [-0.1, -0.05) is 11.3 Å². The molecular weight excluding hydrogens is 206 g/mol. The van der Waals surface area contributed by atoms with E-state index in [0.717, 1.165) is 6.07 Å². The molecule has 2 nitrogen and oxygen atoms in total. The summed E-state index contributed by atoms with van der Waals surface area (Å²) < 4.78 is 25.8. The standard InChI is InChI=1S/C9H6F2N2S/c10-5-1-2-6(7(11)3-5)9-13-4-8(12)14-9/h1-4H,12H2. The first kappa shape index (κ1) is 9.08. The minimum Gasteiger partial charge on any atom is -0.389 e. The Labute approximate surface area is 83.0 Å². The van der Waals surface area contributed by atoms with Crippen molar-refractivity contribution < 1.29 is 8.78 Å². The highest BCUT2D eigenvalue weighted by Gasteiger charge is 2.09. The number of aromatic nitrogens is 1. The van der Waals surface area contributed by atoms with Gasteiger partial charge in [0.25, 0.3) is 0 Å². The van der Waals surface area contributed by atoms with Crippen molar-refractivity contribution in [2.75, 3.05) is 5.73 Å². The zero-order valence-electron chi connectivity index (χ0n) is 7.00. The first-order chi connectivity index (χ1) is 6.66. The van der Waals surface area contributed by atoms with Crippen LogP contribution in [0.5, 0.6) is 0 Å². The number of hydrogen-bond acceptors (Lipinski definition) is 3. The smallest absolute Gasteiger partial charge is 0.136 e. The molecule has 0 bridgehead atoms. The minimum atomic E-state index is -0.626. The Balaban J connectivity index is 2.52. The average Bonchev–Trinajstić information content (AvgIpc) is 2.51. The largest absolute Gasteiger partial charge is 0.389 e. The maximum absolute atomic E-state index is 13.2. The molecule has 0 spiro atoms. The Kier molecular flexibility index (Phi) is 2.17. The van der Waals surface area contributed by atoms with Gasteiger partial charge in [-0.15, -0.1) is 0 Å². The van der Waals surface area contributed by atoms with Crippen LogP contribution < -0.4 is 5.73 Å². The van der Waals surface area contributed by atoms with Crippen molar-refractivity contribution in [3.63, 3.8) is 0 Å². The zero-order valence-corrected chi connectivity index (χ0v) is 7.81. The second-order valence-corrected chi connectivity index (χ2v) is 3.75. The Morgan fingerprint density at radius 2 is 2.07 bits per heavy atom. The lowest BCUT2D eigenvalue weighted by atomic mass is 10.2. The van der Waals surface area contributed by atoms with Gasteiger partial charge in [0.05, 0.1) is 6.20 Å². The number of nitrogen functional groups attached to an aromatic ring is 1. The molecule has 0 saturated carbocycles. The summed E-state index contributed by atoms with van der Waals surface area (Å²) in [6, 6.07) is 3.37. The highest BCUT2D eigenvalue weighted by atomic mass is 32.1. The van der Waals surface area contributed by atoms with E-state index in [2.05, 4.69) is 4.98 Å². The third-order valence-corrected chi connectivity index (χ3v) is 2.54. The molecule has 1 heterocycles. The number of rotatable bonds is 1. The number of hydrogen-bond donors (Lipinski definition) is 1. The van der Waals surface area contributed by atoms with Gasteiger partial charge in [0.15, 0.2) is 0 Å². The fraction of sp³-hybridized carbons (Fsp3) is 0. The van der Waals surface area contributed by atoms with Gasteiger partial charge >= 0.3 is 0 Å². The van der Waals surface area contributed by atoms with Crippen LogP contribution in [0.1, 0.15) is 0 Å². The molecule has 0 fully saturated rings. The summed E-state index contributed by atoms with van der Waals surface area (Å²) in [5.74, 6) is -1.23. The van der Waals surface area contributed by atoms with Crippen LogP contribution in [-0.2, 0) is 0 Å². The lowest BCUT2D eigenvalue weighted by Gasteiger charge is -1.97. The van der Waals surface area contributed by atoms with Crippen LogP contribution in [-0.4, -0.2) is 4.98 Å². The van der Waals surface area contributed by atoms with E-state index < -0.39 is 11.6 Å². The zero-order chi connectivity index (χ0) is 10.1.